The van der Waals surface area contributed by atoms with Gasteiger partial charge in [-0.25, -0.2) is 4.98 Å². The Morgan fingerprint density at radius 2 is 1.76 bits per heavy atom. The summed E-state index contributed by atoms with van der Waals surface area (Å²) in [6.07, 6.45) is 10.0. The molecule has 1 amide bonds. The molecule has 0 bridgehead atoms. The van der Waals surface area contributed by atoms with Gasteiger partial charge in [-0.2, -0.15) is 0 Å². The van der Waals surface area contributed by atoms with Crippen LogP contribution in [0.25, 0.3) is 0 Å². The van der Waals surface area contributed by atoms with Crippen LogP contribution in [0, 0.1) is 5.92 Å². The van der Waals surface area contributed by atoms with Crippen molar-refractivity contribution in [2.24, 2.45) is 13.0 Å². The number of hydrogen-bond acceptors (Lipinski definition) is 4. The molecular formula is C23H26N4O2. The van der Waals surface area contributed by atoms with Gasteiger partial charge in [-0.1, -0.05) is 24.3 Å². The molecule has 0 saturated carbocycles. The predicted molar refractivity (Wildman–Crippen MR) is 111 cm³/mol. The SMILES string of the molecule is Cn1cnc(C(=O)N2CCC(Cc3ccc(COc4ccncc4)cc3)CC2)c1. The molecule has 0 N–H and O–H groups in total. The summed E-state index contributed by atoms with van der Waals surface area (Å²) >= 11 is 0. The van der Waals surface area contributed by atoms with Crippen LogP contribution >= 0.6 is 0 Å². The van der Waals surface area contributed by atoms with Gasteiger partial charge in [0, 0.05) is 38.7 Å². The van der Waals surface area contributed by atoms with Crippen LogP contribution in [0.5, 0.6) is 5.75 Å². The largest absolute Gasteiger partial charge is 0.489 e. The number of nitrogens with zero attached hydrogens (tertiary/aromatic N) is 4. The molecule has 1 fully saturated rings. The Labute approximate surface area is 171 Å². The first-order chi connectivity index (χ1) is 14.2. The number of piperidine rings is 1. The van der Waals surface area contributed by atoms with E-state index in [2.05, 4.69) is 34.2 Å². The van der Waals surface area contributed by atoms with Crippen molar-refractivity contribution in [1.29, 1.82) is 0 Å². The van der Waals surface area contributed by atoms with E-state index in [1.165, 1.54) is 5.56 Å². The third-order valence-corrected chi connectivity index (χ3v) is 5.43. The lowest BCUT2D eigenvalue weighted by atomic mass is 9.90. The molecule has 0 aliphatic carbocycles. The molecule has 6 nitrogen and oxygen atoms in total. The summed E-state index contributed by atoms with van der Waals surface area (Å²) in [7, 11) is 1.88. The summed E-state index contributed by atoms with van der Waals surface area (Å²) in [4.78, 5) is 22.6. The van der Waals surface area contributed by atoms with Gasteiger partial charge in [0.05, 0.1) is 6.33 Å². The molecule has 3 heterocycles. The number of imidazole rings is 1. The Morgan fingerprint density at radius 1 is 1.07 bits per heavy atom. The van der Waals surface area contributed by atoms with E-state index >= 15 is 0 Å². The lowest BCUT2D eigenvalue weighted by Gasteiger charge is -2.31. The fourth-order valence-electron chi connectivity index (χ4n) is 3.73. The van der Waals surface area contributed by atoms with Gasteiger partial charge >= 0.3 is 0 Å². The molecular weight excluding hydrogens is 364 g/mol. The number of rotatable bonds is 6. The average Bonchev–Trinajstić information content (AvgIpc) is 3.20. The van der Waals surface area contributed by atoms with Crippen molar-refractivity contribution in [3.63, 3.8) is 0 Å². The van der Waals surface area contributed by atoms with Crippen LogP contribution in [0.15, 0.2) is 61.3 Å². The third kappa shape index (κ3) is 5.02. The van der Waals surface area contributed by atoms with E-state index in [0.29, 0.717) is 18.2 Å². The molecule has 0 unspecified atom stereocenters. The highest BCUT2D eigenvalue weighted by Crippen LogP contribution is 2.23. The Bertz CT molecular complexity index is 929. The molecule has 150 valence electrons. The lowest BCUT2D eigenvalue weighted by Crippen LogP contribution is -2.39. The van der Waals surface area contributed by atoms with Gasteiger partial charge in [0.1, 0.15) is 18.1 Å². The zero-order valence-electron chi connectivity index (χ0n) is 16.7. The maximum atomic E-state index is 12.5. The highest BCUT2D eigenvalue weighted by Gasteiger charge is 2.24. The summed E-state index contributed by atoms with van der Waals surface area (Å²) in [5, 5.41) is 0. The normalized spacial score (nSPS) is 14.7. The smallest absolute Gasteiger partial charge is 0.274 e. The predicted octanol–water partition coefficient (Wildman–Crippen LogP) is 3.49. The lowest BCUT2D eigenvalue weighted by molar-refractivity contribution is 0.0685. The number of amides is 1. The molecule has 0 atom stereocenters. The van der Waals surface area contributed by atoms with Crippen molar-refractivity contribution < 1.29 is 9.53 Å². The summed E-state index contributed by atoms with van der Waals surface area (Å²) < 4.78 is 7.58. The van der Waals surface area contributed by atoms with E-state index in [9.17, 15) is 4.79 Å². The molecule has 0 spiro atoms. The molecule has 3 aromatic rings. The Hall–Kier alpha value is -3.15. The topological polar surface area (TPSA) is 60.2 Å². The van der Waals surface area contributed by atoms with Crippen molar-refractivity contribution in [3.8, 4) is 5.75 Å². The van der Waals surface area contributed by atoms with Crippen LogP contribution < -0.4 is 4.74 Å². The minimum absolute atomic E-state index is 0.0441. The van der Waals surface area contributed by atoms with Gasteiger partial charge in [0.2, 0.25) is 0 Å². The fourth-order valence-corrected chi connectivity index (χ4v) is 3.73. The van der Waals surface area contributed by atoms with Gasteiger partial charge in [-0.3, -0.25) is 9.78 Å². The first kappa shape index (κ1) is 19.2. The van der Waals surface area contributed by atoms with Crippen molar-refractivity contribution in [3.05, 3.63) is 78.1 Å². The quantitative estimate of drug-likeness (QED) is 0.646. The van der Waals surface area contributed by atoms with E-state index in [0.717, 1.165) is 43.7 Å². The number of likely N-dealkylation sites (tertiary alicyclic amines) is 1. The molecule has 1 aliphatic heterocycles. The highest BCUT2D eigenvalue weighted by atomic mass is 16.5. The maximum Gasteiger partial charge on any atom is 0.274 e. The summed E-state index contributed by atoms with van der Waals surface area (Å²) in [5.74, 6) is 1.49. The molecule has 2 aromatic heterocycles. The fraction of sp³-hybridized carbons (Fsp3) is 0.348. The second-order valence-electron chi connectivity index (χ2n) is 7.65. The first-order valence-electron chi connectivity index (χ1n) is 10.1. The number of carbonyl (C=O) groups excluding carboxylic acids is 1. The minimum atomic E-state index is 0.0441. The van der Waals surface area contributed by atoms with E-state index < -0.39 is 0 Å². The molecule has 29 heavy (non-hydrogen) atoms. The number of aryl methyl sites for hydroxylation is 1. The second kappa shape index (κ2) is 8.90. The van der Waals surface area contributed by atoms with E-state index in [1.54, 1.807) is 24.9 Å². The molecule has 1 aliphatic rings. The van der Waals surface area contributed by atoms with Gasteiger partial charge < -0.3 is 14.2 Å². The van der Waals surface area contributed by atoms with Crippen LogP contribution in [0.2, 0.25) is 0 Å². The van der Waals surface area contributed by atoms with E-state index in [4.69, 9.17) is 4.74 Å². The van der Waals surface area contributed by atoms with Crippen molar-refractivity contribution in [1.82, 2.24) is 19.4 Å². The minimum Gasteiger partial charge on any atom is -0.489 e. The summed E-state index contributed by atoms with van der Waals surface area (Å²) in [5.41, 5.74) is 3.03. The van der Waals surface area contributed by atoms with Crippen LogP contribution in [0.1, 0.15) is 34.5 Å². The van der Waals surface area contributed by atoms with E-state index in [1.807, 2.05) is 28.6 Å². The molecule has 4 rings (SSSR count). The van der Waals surface area contributed by atoms with Crippen LogP contribution in [0.4, 0.5) is 0 Å². The number of hydrogen-bond donors (Lipinski definition) is 0. The monoisotopic (exact) mass is 390 g/mol. The highest BCUT2D eigenvalue weighted by molar-refractivity contribution is 5.92. The average molecular weight is 390 g/mol. The zero-order valence-corrected chi connectivity index (χ0v) is 16.7. The Morgan fingerprint density at radius 3 is 2.41 bits per heavy atom. The molecule has 0 radical (unpaired) electrons. The second-order valence-corrected chi connectivity index (χ2v) is 7.65. The maximum absolute atomic E-state index is 12.5. The number of ether oxygens (including phenoxy) is 1. The zero-order chi connectivity index (χ0) is 20.1. The molecule has 1 saturated heterocycles. The van der Waals surface area contributed by atoms with Gasteiger partial charge in [-0.15, -0.1) is 0 Å². The number of pyridine rings is 1. The van der Waals surface area contributed by atoms with Crippen LogP contribution in [0.3, 0.4) is 0 Å². The third-order valence-electron chi connectivity index (χ3n) is 5.43. The standard InChI is InChI=1S/C23H26N4O2/c1-26-15-22(25-17-26)23(28)27-12-8-19(9-13-27)14-18-2-4-20(5-3-18)16-29-21-6-10-24-11-7-21/h2-7,10-11,15,17,19H,8-9,12-14,16H2,1H3. The van der Waals surface area contributed by atoms with Crippen LogP contribution in [-0.2, 0) is 20.1 Å². The van der Waals surface area contributed by atoms with Gasteiger partial charge in [0.15, 0.2) is 0 Å². The summed E-state index contributed by atoms with van der Waals surface area (Å²) in [6, 6.07) is 12.4. The van der Waals surface area contributed by atoms with Crippen LogP contribution in [-0.4, -0.2) is 38.4 Å². The number of carbonyl (C=O) groups is 1. The van der Waals surface area contributed by atoms with Crippen molar-refractivity contribution >= 4 is 5.91 Å². The Kier molecular flexibility index (Phi) is 5.89. The summed E-state index contributed by atoms with van der Waals surface area (Å²) in [6.45, 7) is 2.16. The van der Waals surface area contributed by atoms with Gasteiger partial charge in [0.25, 0.3) is 5.91 Å². The Balaban J connectivity index is 1.24. The molecule has 6 heteroatoms. The van der Waals surface area contributed by atoms with Gasteiger partial charge in [-0.05, 0) is 48.4 Å². The number of aromatic nitrogens is 3. The van der Waals surface area contributed by atoms with Crippen molar-refractivity contribution in [2.75, 3.05) is 13.1 Å². The van der Waals surface area contributed by atoms with E-state index in [-0.39, 0.29) is 5.91 Å². The number of benzene rings is 1. The molecule has 1 aromatic carbocycles. The first-order valence-corrected chi connectivity index (χ1v) is 10.1. The van der Waals surface area contributed by atoms with Crippen molar-refractivity contribution in [2.45, 2.75) is 25.9 Å².